The van der Waals surface area contributed by atoms with Gasteiger partial charge in [0, 0.05) is 22.1 Å². The summed E-state index contributed by atoms with van der Waals surface area (Å²) in [5, 5.41) is 2.75. The van der Waals surface area contributed by atoms with Crippen LogP contribution in [-0.2, 0) is 9.59 Å². The third-order valence-electron chi connectivity index (χ3n) is 4.30. The van der Waals surface area contributed by atoms with Crippen molar-refractivity contribution in [2.45, 2.75) is 46.6 Å². The van der Waals surface area contributed by atoms with E-state index in [0.29, 0.717) is 23.4 Å². The number of hydrogen-bond donors (Lipinski definition) is 3. The average Bonchev–Trinajstić information content (AvgIpc) is 2.69. The van der Waals surface area contributed by atoms with Crippen molar-refractivity contribution >= 4 is 39.3 Å². The normalized spacial score (nSPS) is 11.4. The lowest BCUT2D eigenvalue weighted by molar-refractivity contribution is -0.128. The van der Waals surface area contributed by atoms with E-state index in [0.717, 1.165) is 22.0 Å². The predicted molar refractivity (Wildman–Crippen MR) is 119 cm³/mol. The van der Waals surface area contributed by atoms with E-state index in [1.165, 1.54) is 0 Å². The van der Waals surface area contributed by atoms with Gasteiger partial charge >= 0.3 is 0 Å². The molecule has 0 aliphatic rings. The number of ether oxygens (including phenoxy) is 1. The lowest BCUT2D eigenvalue weighted by atomic mass is 10.1. The quantitative estimate of drug-likeness (QED) is 0.526. The molecule has 0 aliphatic heterocycles. The van der Waals surface area contributed by atoms with Crippen LogP contribution in [0.1, 0.15) is 48.2 Å². The third kappa shape index (κ3) is 6.59. The molecule has 3 amide bonds. The molecular weight excluding hydrogens is 450 g/mol. The Morgan fingerprint density at radius 1 is 1.03 bits per heavy atom. The third-order valence-corrected chi connectivity index (χ3v) is 4.75. The summed E-state index contributed by atoms with van der Waals surface area (Å²) < 4.78 is 6.71. The van der Waals surface area contributed by atoms with Gasteiger partial charge in [-0.2, -0.15) is 0 Å². The number of benzene rings is 2. The number of hydrazine groups is 1. The number of halogens is 1. The van der Waals surface area contributed by atoms with Crippen molar-refractivity contribution in [3.8, 4) is 5.75 Å². The number of carbonyl (C=O) groups is 3. The molecule has 0 radical (unpaired) electrons. The number of amides is 3. The van der Waals surface area contributed by atoms with Crippen LogP contribution in [0, 0.1) is 13.8 Å². The highest BCUT2D eigenvalue weighted by Gasteiger charge is 2.18. The molecule has 2 aromatic rings. The van der Waals surface area contributed by atoms with Gasteiger partial charge in [-0.25, -0.2) is 0 Å². The van der Waals surface area contributed by atoms with E-state index in [9.17, 15) is 14.4 Å². The van der Waals surface area contributed by atoms with Gasteiger partial charge in [0.2, 0.25) is 5.91 Å². The fraction of sp³-hybridized carbons (Fsp3) is 0.318. The monoisotopic (exact) mass is 475 g/mol. The molecule has 0 saturated carbocycles. The summed E-state index contributed by atoms with van der Waals surface area (Å²) in [4.78, 5) is 36.2. The van der Waals surface area contributed by atoms with Gasteiger partial charge < -0.3 is 10.1 Å². The Morgan fingerprint density at radius 3 is 2.20 bits per heavy atom. The minimum absolute atomic E-state index is 0.0767. The second-order valence-electron chi connectivity index (χ2n) is 6.95. The first-order chi connectivity index (χ1) is 14.2. The fourth-order valence-electron chi connectivity index (χ4n) is 2.76. The summed E-state index contributed by atoms with van der Waals surface area (Å²) in [6, 6.07) is 10.2. The lowest BCUT2D eigenvalue weighted by Crippen LogP contribution is -2.47. The SMILES string of the molecule is CCCC(=O)Nc1ccc(C(=O)NNC(=O)C(C)Oc2c(C)cc(Br)cc2C)cc1. The predicted octanol–water partition coefficient (Wildman–Crippen LogP) is 4.03. The Labute approximate surface area is 184 Å². The standard InChI is InChI=1S/C22H26BrN3O4/c1-5-6-19(27)24-18-9-7-16(8-10-18)22(29)26-25-21(28)15(4)30-20-13(2)11-17(23)12-14(20)3/h7-12,15H,5-6H2,1-4H3,(H,24,27)(H,25,28)(H,26,29). The Kier molecular flexibility index (Phi) is 8.41. The molecule has 1 atom stereocenters. The molecule has 0 saturated heterocycles. The topological polar surface area (TPSA) is 96.5 Å². The van der Waals surface area contributed by atoms with E-state index >= 15 is 0 Å². The van der Waals surface area contributed by atoms with Crippen molar-refractivity contribution < 1.29 is 19.1 Å². The molecule has 7 nitrogen and oxygen atoms in total. The van der Waals surface area contributed by atoms with Gasteiger partial charge in [0.15, 0.2) is 6.10 Å². The van der Waals surface area contributed by atoms with Gasteiger partial charge in [-0.3, -0.25) is 25.2 Å². The average molecular weight is 476 g/mol. The van der Waals surface area contributed by atoms with Crippen LogP contribution in [0.15, 0.2) is 40.9 Å². The van der Waals surface area contributed by atoms with E-state index < -0.39 is 17.9 Å². The number of anilines is 1. The zero-order chi connectivity index (χ0) is 22.3. The van der Waals surface area contributed by atoms with Gasteiger partial charge in [0.1, 0.15) is 5.75 Å². The molecule has 1 unspecified atom stereocenters. The zero-order valence-corrected chi connectivity index (χ0v) is 19.1. The molecule has 3 N–H and O–H groups in total. The smallest absolute Gasteiger partial charge is 0.279 e. The van der Waals surface area contributed by atoms with Crippen LogP contribution in [0.2, 0.25) is 0 Å². The fourth-order valence-corrected chi connectivity index (χ4v) is 3.45. The summed E-state index contributed by atoms with van der Waals surface area (Å²) in [6.07, 6.45) is 0.392. The number of aryl methyl sites for hydroxylation is 2. The highest BCUT2D eigenvalue weighted by atomic mass is 79.9. The number of rotatable bonds is 7. The van der Waals surface area contributed by atoms with Gasteiger partial charge in [0.05, 0.1) is 0 Å². The van der Waals surface area contributed by atoms with E-state index in [1.54, 1.807) is 31.2 Å². The maximum atomic E-state index is 12.3. The molecule has 2 rings (SSSR count). The molecule has 8 heteroatoms. The van der Waals surface area contributed by atoms with Crippen LogP contribution < -0.4 is 20.9 Å². The Morgan fingerprint density at radius 2 is 1.63 bits per heavy atom. The van der Waals surface area contributed by atoms with Crippen LogP contribution in [0.25, 0.3) is 0 Å². The van der Waals surface area contributed by atoms with Crippen molar-refractivity contribution in [1.82, 2.24) is 10.9 Å². The number of carbonyl (C=O) groups excluding carboxylic acids is 3. The van der Waals surface area contributed by atoms with E-state index in [4.69, 9.17) is 4.74 Å². The Hall–Kier alpha value is -2.87. The summed E-state index contributed by atoms with van der Waals surface area (Å²) in [6.45, 7) is 7.33. The summed E-state index contributed by atoms with van der Waals surface area (Å²) in [5.74, 6) is -0.397. The maximum absolute atomic E-state index is 12.3. The van der Waals surface area contributed by atoms with Crippen molar-refractivity contribution in [3.63, 3.8) is 0 Å². The van der Waals surface area contributed by atoms with Crippen LogP contribution in [0.5, 0.6) is 5.75 Å². The molecule has 0 spiro atoms. The first-order valence-corrected chi connectivity index (χ1v) is 10.4. The van der Waals surface area contributed by atoms with Gasteiger partial charge in [-0.05, 0) is 74.7 Å². The minimum atomic E-state index is -0.806. The van der Waals surface area contributed by atoms with Crippen LogP contribution in [0.3, 0.4) is 0 Å². The molecule has 160 valence electrons. The molecular formula is C22H26BrN3O4. The molecule has 0 aliphatic carbocycles. The molecule has 0 fully saturated rings. The molecule has 0 aromatic heterocycles. The maximum Gasteiger partial charge on any atom is 0.279 e. The first-order valence-electron chi connectivity index (χ1n) is 9.64. The van der Waals surface area contributed by atoms with Crippen LogP contribution in [-0.4, -0.2) is 23.8 Å². The van der Waals surface area contributed by atoms with Crippen molar-refractivity contribution in [2.75, 3.05) is 5.32 Å². The molecule has 2 aromatic carbocycles. The van der Waals surface area contributed by atoms with Crippen molar-refractivity contribution in [1.29, 1.82) is 0 Å². The van der Waals surface area contributed by atoms with E-state index in [1.807, 2.05) is 32.9 Å². The zero-order valence-electron chi connectivity index (χ0n) is 17.5. The van der Waals surface area contributed by atoms with Gasteiger partial charge in [-0.15, -0.1) is 0 Å². The Bertz CT molecular complexity index is 905. The van der Waals surface area contributed by atoms with Crippen molar-refractivity contribution in [3.05, 3.63) is 57.6 Å². The number of nitrogens with one attached hydrogen (secondary N) is 3. The molecule has 0 bridgehead atoms. The van der Waals surface area contributed by atoms with Crippen LogP contribution in [0.4, 0.5) is 5.69 Å². The summed E-state index contributed by atoms with van der Waals surface area (Å²) >= 11 is 3.43. The first kappa shape index (κ1) is 23.4. The number of hydrogen-bond acceptors (Lipinski definition) is 4. The largest absolute Gasteiger partial charge is 0.480 e. The second-order valence-corrected chi connectivity index (χ2v) is 7.86. The van der Waals surface area contributed by atoms with E-state index in [-0.39, 0.29) is 5.91 Å². The van der Waals surface area contributed by atoms with E-state index in [2.05, 4.69) is 32.1 Å². The van der Waals surface area contributed by atoms with Gasteiger partial charge in [-0.1, -0.05) is 22.9 Å². The van der Waals surface area contributed by atoms with Crippen LogP contribution >= 0.6 is 15.9 Å². The second kappa shape index (κ2) is 10.8. The summed E-state index contributed by atoms with van der Waals surface area (Å²) in [5.41, 5.74) is 7.49. The highest BCUT2D eigenvalue weighted by molar-refractivity contribution is 9.10. The molecule has 0 heterocycles. The minimum Gasteiger partial charge on any atom is -0.480 e. The van der Waals surface area contributed by atoms with Gasteiger partial charge in [0.25, 0.3) is 11.8 Å². The van der Waals surface area contributed by atoms with Crippen molar-refractivity contribution in [2.24, 2.45) is 0 Å². The lowest BCUT2D eigenvalue weighted by Gasteiger charge is -2.18. The Balaban J connectivity index is 1.89. The molecule has 30 heavy (non-hydrogen) atoms. The summed E-state index contributed by atoms with van der Waals surface area (Å²) in [7, 11) is 0. The highest BCUT2D eigenvalue weighted by Crippen LogP contribution is 2.28.